The molecule has 2 rings (SSSR count). The fraction of sp³-hybridized carbons (Fsp3) is 0.133. The summed E-state index contributed by atoms with van der Waals surface area (Å²) in [4.78, 5) is 10.7. The van der Waals surface area contributed by atoms with Gasteiger partial charge in [0.05, 0.1) is 16.3 Å². The number of nitrogens with one attached hydrogen (secondary N) is 1. The maximum Gasteiger partial charge on any atom is 0.338 e. The van der Waals surface area contributed by atoms with Gasteiger partial charge < -0.3 is 10.4 Å². The highest BCUT2D eigenvalue weighted by Gasteiger charge is 2.10. The number of aryl methyl sites for hydroxylation is 1. The van der Waals surface area contributed by atoms with Gasteiger partial charge in [0.2, 0.25) is 0 Å². The van der Waals surface area contributed by atoms with Crippen molar-refractivity contribution in [1.29, 1.82) is 0 Å². The third-order valence-corrected chi connectivity index (χ3v) is 3.72. The van der Waals surface area contributed by atoms with E-state index in [9.17, 15) is 9.18 Å². The van der Waals surface area contributed by atoms with Crippen LogP contribution in [0.25, 0.3) is 0 Å². The molecule has 0 amide bonds. The number of aromatic carboxylic acids is 1. The maximum absolute atomic E-state index is 13.6. The fourth-order valence-electron chi connectivity index (χ4n) is 1.82. The predicted molar refractivity (Wildman–Crippen MR) is 81.9 cm³/mol. The third kappa shape index (κ3) is 3.65. The number of rotatable bonds is 4. The Morgan fingerprint density at radius 3 is 2.57 bits per heavy atom. The van der Waals surface area contributed by atoms with Crippen LogP contribution in [0, 0.1) is 12.7 Å². The Morgan fingerprint density at radius 2 is 1.95 bits per heavy atom. The van der Waals surface area contributed by atoms with Crippen LogP contribution >= 0.6 is 23.2 Å². The van der Waals surface area contributed by atoms with Crippen LogP contribution in [-0.2, 0) is 6.54 Å². The van der Waals surface area contributed by atoms with E-state index in [-0.39, 0.29) is 5.56 Å². The number of hydrogen-bond donors (Lipinski definition) is 2. The summed E-state index contributed by atoms with van der Waals surface area (Å²) in [5.74, 6) is -2.06. The minimum absolute atomic E-state index is 0.302. The first-order valence-electron chi connectivity index (χ1n) is 6.09. The molecule has 0 radical (unpaired) electrons. The first kappa shape index (κ1) is 15.6. The lowest BCUT2D eigenvalue weighted by Crippen LogP contribution is -2.04. The van der Waals surface area contributed by atoms with Crippen molar-refractivity contribution in [3.8, 4) is 0 Å². The first-order chi connectivity index (χ1) is 9.88. The van der Waals surface area contributed by atoms with Gasteiger partial charge in [0.15, 0.2) is 0 Å². The van der Waals surface area contributed by atoms with E-state index in [0.29, 0.717) is 27.8 Å². The second kappa shape index (κ2) is 6.33. The third-order valence-electron chi connectivity index (χ3n) is 3.00. The molecule has 2 aromatic carbocycles. The van der Waals surface area contributed by atoms with Crippen molar-refractivity contribution in [2.24, 2.45) is 0 Å². The molecule has 0 spiro atoms. The van der Waals surface area contributed by atoms with Gasteiger partial charge in [0.25, 0.3) is 0 Å². The molecule has 21 heavy (non-hydrogen) atoms. The normalized spacial score (nSPS) is 10.5. The summed E-state index contributed by atoms with van der Waals surface area (Å²) in [6.07, 6.45) is 0. The molecule has 110 valence electrons. The monoisotopic (exact) mass is 327 g/mol. The first-order valence-corrected chi connectivity index (χ1v) is 6.85. The molecule has 0 saturated heterocycles. The summed E-state index contributed by atoms with van der Waals surface area (Å²) in [6, 6.07) is 7.39. The number of benzene rings is 2. The van der Waals surface area contributed by atoms with Gasteiger partial charge in [-0.1, -0.05) is 29.3 Å². The van der Waals surface area contributed by atoms with Crippen LogP contribution in [0.4, 0.5) is 10.1 Å². The lowest BCUT2D eigenvalue weighted by atomic mass is 10.1. The number of anilines is 1. The van der Waals surface area contributed by atoms with E-state index < -0.39 is 11.8 Å². The molecule has 2 N–H and O–H groups in total. The highest BCUT2D eigenvalue weighted by molar-refractivity contribution is 6.35. The molecule has 0 aliphatic heterocycles. The van der Waals surface area contributed by atoms with E-state index in [2.05, 4.69) is 5.32 Å². The smallest absolute Gasteiger partial charge is 0.338 e. The average Bonchev–Trinajstić information content (AvgIpc) is 2.41. The van der Waals surface area contributed by atoms with Gasteiger partial charge in [-0.3, -0.25) is 0 Å². The van der Waals surface area contributed by atoms with Gasteiger partial charge in [-0.2, -0.15) is 0 Å². The topological polar surface area (TPSA) is 49.3 Å². The van der Waals surface area contributed by atoms with Crippen molar-refractivity contribution in [2.75, 3.05) is 5.32 Å². The Hall–Kier alpha value is -1.78. The molecule has 0 aliphatic carbocycles. The summed E-state index contributed by atoms with van der Waals surface area (Å²) in [5, 5.41) is 12.9. The largest absolute Gasteiger partial charge is 0.478 e. The van der Waals surface area contributed by atoms with E-state index >= 15 is 0 Å². The molecule has 0 atom stereocenters. The lowest BCUT2D eigenvalue weighted by molar-refractivity contribution is 0.0692. The number of carboxylic acids is 1. The molecular weight excluding hydrogens is 316 g/mol. The summed E-state index contributed by atoms with van der Waals surface area (Å²) < 4.78 is 13.6. The van der Waals surface area contributed by atoms with E-state index in [4.69, 9.17) is 28.3 Å². The number of carboxylic acid groups (broad SMARTS) is 1. The number of carbonyl (C=O) groups is 1. The molecule has 0 bridgehead atoms. The van der Waals surface area contributed by atoms with E-state index in [1.54, 1.807) is 18.2 Å². The maximum atomic E-state index is 13.6. The van der Waals surface area contributed by atoms with Crippen LogP contribution in [0.1, 0.15) is 21.5 Å². The molecule has 6 heteroatoms. The molecule has 0 aliphatic rings. The van der Waals surface area contributed by atoms with E-state index in [0.717, 1.165) is 5.56 Å². The van der Waals surface area contributed by atoms with Crippen molar-refractivity contribution in [3.63, 3.8) is 0 Å². The molecule has 0 unspecified atom stereocenters. The molecule has 0 saturated carbocycles. The van der Waals surface area contributed by atoms with Gasteiger partial charge in [-0.05, 0) is 42.3 Å². The van der Waals surface area contributed by atoms with Crippen LogP contribution < -0.4 is 5.32 Å². The lowest BCUT2D eigenvalue weighted by Gasteiger charge is -2.11. The Morgan fingerprint density at radius 1 is 1.24 bits per heavy atom. The second-order valence-electron chi connectivity index (χ2n) is 4.55. The quantitative estimate of drug-likeness (QED) is 0.851. The van der Waals surface area contributed by atoms with Crippen molar-refractivity contribution < 1.29 is 14.3 Å². The summed E-state index contributed by atoms with van der Waals surface area (Å²) in [7, 11) is 0. The number of halogens is 3. The minimum Gasteiger partial charge on any atom is -0.478 e. The van der Waals surface area contributed by atoms with Gasteiger partial charge in [0, 0.05) is 11.6 Å². The molecule has 0 fully saturated rings. The summed E-state index contributed by atoms with van der Waals surface area (Å²) >= 11 is 12.1. The fourth-order valence-corrected chi connectivity index (χ4v) is 2.27. The summed E-state index contributed by atoms with van der Waals surface area (Å²) in [6.45, 7) is 2.15. The van der Waals surface area contributed by atoms with Crippen LogP contribution in [0.2, 0.25) is 10.0 Å². The predicted octanol–water partition coefficient (Wildman–Crippen LogP) is 4.75. The van der Waals surface area contributed by atoms with Gasteiger partial charge in [-0.25, -0.2) is 9.18 Å². The molecular formula is C15H12Cl2FNO2. The Kier molecular flexibility index (Phi) is 4.70. The SMILES string of the molecule is Cc1cc(Cl)c(NCc2ccc(C(=O)O)c(F)c2)cc1Cl. The zero-order chi connectivity index (χ0) is 15.6. The molecule has 3 nitrogen and oxygen atoms in total. The van der Waals surface area contributed by atoms with Crippen LogP contribution in [0.5, 0.6) is 0 Å². The Balaban J connectivity index is 2.15. The highest BCUT2D eigenvalue weighted by Crippen LogP contribution is 2.29. The summed E-state index contributed by atoms with van der Waals surface area (Å²) in [5.41, 5.74) is 1.75. The van der Waals surface area contributed by atoms with Crippen molar-refractivity contribution in [2.45, 2.75) is 13.5 Å². The van der Waals surface area contributed by atoms with Crippen molar-refractivity contribution >= 4 is 34.9 Å². The standard InChI is InChI=1S/C15H12Cl2FNO2/c1-8-4-12(17)14(6-11(8)16)19-7-9-2-3-10(15(20)21)13(18)5-9/h2-6,19H,7H2,1H3,(H,20,21). The Labute approximate surface area is 131 Å². The van der Waals surface area contributed by atoms with Gasteiger partial charge in [0.1, 0.15) is 5.82 Å². The van der Waals surface area contributed by atoms with Crippen molar-refractivity contribution in [3.05, 3.63) is 62.9 Å². The van der Waals surface area contributed by atoms with Gasteiger partial charge >= 0.3 is 5.97 Å². The zero-order valence-electron chi connectivity index (χ0n) is 11.1. The van der Waals surface area contributed by atoms with Crippen LogP contribution in [0.3, 0.4) is 0 Å². The van der Waals surface area contributed by atoms with E-state index in [1.807, 2.05) is 6.92 Å². The molecule has 0 heterocycles. The second-order valence-corrected chi connectivity index (χ2v) is 5.37. The van der Waals surface area contributed by atoms with Crippen LogP contribution in [-0.4, -0.2) is 11.1 Å². The zero-order valence-corrected chi connectivity index (χ0v) is 12.6. The van der Waals surface area contributed by atoms with Gasteiger partial charge in [-0.15, -0.1) is 0 Å². The minimum atomic E-state index is -1.29. The van der Waals surface area contributed by atoms with Crippen LogP contribution in [0.15, 0.2) is 30.3 Å². The Bertz CT molecular complexity index is 704. The molecule has 2 aromatic rings. The molecule has 0 aromatic heterocycles. The van der Waals surface area contributed by atoms with E-state index in [1.165, 1.54) is 12.1 Å². The highest BCUT2D eigenvalue weighted by atomic mass is 35.5. The van der Waals surface area contributed by atoms with Crippen molar-refractivity contribution in [1.82, 2.24) is 0 Å². The average molecular weight is 328 g/mol. The number of hydrogen-bond acceptors (Lipinski definition) is 2.